The third-order valence-electron chi connectivity index (χ3n) is 10.8. The third-order valence-corrected chi connectivity index (χ3v) is 10.8. The van der Waals surface area contributed by atoms with Crippen molar-refractivity contribution in [2.24, 2.45) is 34.5 Å². The number of likely N-dealkylation sites (tertiary alicyclic amines) is 1. The molecule has 7 heteroatoms. The maximum Gasteiger partial charge on any atom is 0.136 e. The molecule has 0 aromatic rings. The van der Waals surface area contributed by atoms with Gasteiger partial charge in [0.2, 0.25) is 0 Å². The van der Waals surface area contributed by atoms with Crippen molar-refractivity contribution in [3.63, 3.8) is 0 Å². The summed E-state index contributed by atoms with van der Waals surface area (Å²) < 4.78 is 5.68. The van der Waals surface area contributed by atoms with E-state index in [2.05, 4.69) is 11.8 Å². The van der Waals surface area contributed by atoms with Gasteiger partial charge in [-0.25, -0.2) is 0 Å². The van der Waals surface area contributed by atoms with E-state index in [-0.39, 0.29) is 35.7 Å². The highest BCUT2D eigenvalue weighted by Gasteiger charge is 2.90. The van der Waals surface area contributed by atoms with E-state index in [1.807, 2.05) is 6.92 Å². The molecular formula is C22H35NO6. The van der Waals surface area contributed by atoms with E-state index >= 15 is 0 Å². The van der Waals surface area contributed by atoms with Crippen molar-refractivity contribution in [1.82, 2.24) is 4.90 Å². The summed E-state index contributed by atoms with van der Waals surface area (Å²) >= 11 is 0. The van der Waals surface area contributed by atoms with Crippen LogP contribution in [-0.2, 0) is 4.74 Å². The van der Waals surface area contributed by atoms with Gasteiger partial charge in [0.15, 0.2) is 0 Å². The van der Waals surface area contributed by atoms with Gasteiger partial charge in [0.25, 0.3) is 0 Å². The smallest absolute Gasteiger partial charge is 0.136 e. The fraction of sp³-hybridized carbons (Fsp3) is 1.00. The van der Waals surface area contributed by atoms with Crippen LogP contribution in [0.1, 0.15) is 39.5 Å². The highest BCUT2D eigenvalue weighted by atomic mass is 16.5. The van der Waals surface area contributed by atoms with Crippen LogP contribution in [0, 0.1) is 34.5 Å². The highest BCUT2D eigenvalue weighted by Crippen LogP contribution is 2.79. The maximum atomic E-state index is 12.3. The van der Waals surface area contributed by atoms with Crippen molar-refractivity contribution in [3.05, 3.63) is 0 Å². The van der Waals surface area contributed by atoms with Crippen molar-refractivity contribution in [2.45, 2.75) is 81.2 Å². The van der Waals surface area contributed by atoms with Crippen LogP contribution in [0.5, 0.6) is 0 Å². The van der Waals surface area contributed by atoms with E-state index in [1.165, 1.54) is 0 Å². The molecule has 6 aliphatic rings. The molecule has 0 radical (unpaired) electrons. The molecule has 5 N–H and O–H groups in total. The minimum absolute atomic E-state index is 0.110. The van der Waals surface area contributed by atoms with Gasteiger partial charge in [0.1, 0.15) is 11.2 Å². The molecule has 1 aliphatic heterocycles. The summed E-state index contributed by atoms with van der Waals surface area (Å²) in [6, 6.07) is -0.517. The Morgan fingerprint density at radius 2 is 1.90 bits per heavy atom. The lowest BCUT2D eigenvalue weighted by atomic mass is 9.43. The molecule has 0 unspecified atom stereocenters. The molecule has 0 aromatic heterocycles. The summed E-state index contributed by atoms with van der Waals surface area (Å²) in [5.41, 5.74) is -4.40. The van der Waals surface area contributed by atoms with Gasteiger partial charge in [-0.05, 0) is 37.1 Å². The van der Waals surface area contributed by atoms with E-state index in [4.69, 9.17) is 4.74 Å². The number of hydrogen-bond donors (Lipinski definition) is 5. The number of likely N-dealkylation sites (N-methyl/N-ethyl adjacent to an activating group) is 1. The number of aliphatic hydroxyl groups excluding tert-OH is 3. The van der Waals surface area contributed by atoms with Gasteiger partial charge in [0.05, 0.1) is 30.5 Å². The predicted octanol–water partition coefficient (Wildman–Crippen LogP) is -0.664. The second-order valence-corrected chi connectivity index (χ2v) is 11.3. The average molecular weight is 410 g/mol. The van der Waals surface area contributed by atoms with Crippen LogP contribution in [0.3, 0.4) is 0 Å². The van der Waals surface area contributed by atoms with Crippen LogP contribution < -0.4 is 0 Å². The molecule has 1 spiro atoms. The first kappa shape index (κ1) is 19.4. The molecule has 7 nitrogen and oxygen atoms in total. The van der Waals surface area contributed by atoms with Crippen LogP contribution in [-0.4, -0.2) is 92.3 Å². The van der Waals surface area contributed by atoms with E-state index in [1.54, 1.807) is 7.11 Å². The molecule has 0 amide bonds. The molecule has 7 bridgehead atoms. The maximum absolute atomic E-state index is 12.3. The van der Waals surface area contributed by atoms with Gasteiger partial charge in [0, 0.05) is 43.2 Å². The lowest BCUT2D eigenvalue weighted by Crippen LogP contribution is -2.81. The number of piperidine rings is 1. The molecule has 6 fully saturated rings. The molecule has 164 valence electrons. The van der Waals surface area contributed by atoms with Gasteiger partial charge in [-0.2, -0.15) is 0 Å². The average Bonchev–Trinajstić information content (AvgIpc) is 3.04. The SMILES string of the molecule is CCN1C[C@]2(C)CC[C@H](O)[C@@]34[C@@H]5C[C@H]6[C@H](O)[C@@H]5[C@](O)(C[C@@H]6OC)[C@](O)([C@H](O)[C@H]23)[C@@H]14. The summed E-state index contributed by atoms with van der Waals surface area (Å²) in [4.78, 5) is 2.21. The summed E-state index contributed by atoms with van der Waals surface area (Å²) in [5, 5.41) is 59.0. The van der Waals surface area contributed by atoms with Crippen LogP contribution in [0.25, 0.3) is 0 Å². The number of hydrogen-bond acceptors (Lipinski definition) is 7. The normalized spacial score (nSPS) is 67.7. The quantitative estimate of drug-likeness (QED) is 0.411. The fourth-order valence-corrected chi connectivity index (χ4v) is 10.2. The van der Waals surface area contributed by atoms with Crippen molar-refractivity contribution < 1.29 is 30.3 Å². The van der Waals surface area contributed by atoms with Gasteiger partial charge in [-0.15, -0.1) is 0 Å². The Balaban J connectivity index is 1.67. The summed E-state index contributed by atoms with van der Waals surface area (Å²) in [7, 11) is 1.59. The van der Waals surface area contributed by atoms with Gasteiger partial charge in [-0.1, -0.05) is 13.8 Å². The Morgan fingerprint density at radius 1 is 1.17 bits per heavy atom. The summed E-state index contributed by atoms with van der Waals surface area (Å²) in [6.07, 6.45) is -0.665. The van der Waals surface area contributed by atoms with Crippen molar-refractivity contribution >= 4 is 0 Å². The van der Waals surface area contributed by atoms with Gasteiger partial charge < -0.3 is 30.3 Å². The Kier molecular flexibility index (Phi) is 3.59. The number of rotatable bonds is 2. The van der Waals surface area contributed by atoms with E-state index in [0.717, 1.165) is 13.0 Å². The Hall–Kier alpha value is -0.280. The number of methoxy groups -OCH3 is 1. The second kappa shape index (κ2) is 5.37. The number of ether oxygens (including phenoxy) is 1. The molecule has 5 aliphatic carbocycles. The fourth-order valence-electron chi connectivity index (χ4n) is 10.2. The van der Waals surface area contributed by atoms with Crippen LogP contribution in [0.15, 0.2) is 0 Å². The Bertz CT molecular complexity index is 751. The lowest BCUT2D eigenvalue weighted by Gasteiger charge is -2.69. The number of aliphatic hydroxyl groups is 5. The summed E-state index contributed by atoms with van der Waals surface area (Å²) in [6.45, 7) is 5.66. The molecule has 1 heterocycles. The molecule has 1 saturated heterocycles. The molecule has 0 aromatic carbocycles. The van der Waals surface area contributed by atoms with Crippen molar-refractivity contribution in [1.29, 1.82) is 0 Å². The first-order valence-electron chi connectivity index (χ1n) is 11.4. The zero-order chi connectivity index (χ0) is 20.7. The molecule has 5 saturated carbocycles. The lowest BCUT2D eigenvalue weighted by molar-refractivity contribution is -0.315. The number of fused-ring (bicyclic) bond motifs is 2. The largest absolute Gasteiger partial charge is 0.392 e. The molecule has 29 heavy (non-hydrogen) atoms. The molecular weight excluding hydrogens is 374 g/mol. The van der Waals surface area contributed by atoms with E-state index in [9.17, 15) is 25.5 Å². The number of nitrogens with zero attached hydrogens (tertiary/aromatic N) is 1. The zero-order valence-corrected chi connectivity index (χ0v) is 17.5. The van der Waals surface area contributed by atoms with Gasteiger partial charge in [-0.3, -0.25) is 4.90 Å². The van der Waals surface area contributed by atoms with Crippen LogP contribution in [0.2, 0.25) is 0 Å². The first-order valence-corrected chi connectivity index (χ1v) is 11.4. The van der Waals surface area contributed by atoms with E-state index < -0.39 is 46.9 Å². The summed E-state index contributed by atoms with van der Waals surface area (Å²) in [5.74, 6) is -1.10. The standard InChI is InChI=1S/C22H35NO6/c1-4-23-9-19(2)6-5-13(24)21-11-7-10-12(29-3)8-20(27,14(11)15(10)25)22(28,18(21)23)17(26)16(19)21/h10-18,24-28H,4-9H2,1-3H3/t10-,11-,12+,13+,14-,15+,16-,17-,18+,19+,20-,21+,22+/m1/s1. The second-order valence-electron chi connectivity index (χ2n) is 11.3. The molecule has 6 rings (SSSR count). The van der Waals surface area contributed by atoms with Crippen molar-refractivity contribution in [3.8, 4) is 0 Å². The molecule has 13 atom stereocenters. The first-order chi connectivity index (χ1) is 13.6. The minimum atomic E-state index is -1.80. The monoisotopic (exact) mass is 409 g/mol. The topological polar surface area (TPSA) is 114 Å². The minimum Gasteiger partial charge on any atom is -0.392 e. The van der Waals surface area contributed by atoms with Gasteiger partial charge >= 0.3 is 0 Å². The highest BCUT2D eigenvalue weighted by molar-refractivity contribution is 5.40. The van der Waals surface area contributed by atoms with Crippen LogP contribution in [0.4, 0.5) is 0 Å². The Morgan fingerprint density at radius 3 is 2.55 bits per heavy atom. The van der Waals surface area contributed by atoms with Crippen LogP contribution >= 0.6 is 0 Å². The Labute approximate surface area is 171 Å². The van der Waals surface area contributed by atoms with Crippen molar-refractivity contribution in [2.75, 3.05) is 20.2 Å². The van der Waals surface area contributed by atoms with E-state index in [0.29, 0.717) is 19.4 Å². The zero-order valence-electron chi connectivity index (χ0n) is 17.5. The third kappa shape index (κ3) is 1.67. The predicted molar refractivity (Wildman–Crippen MR) is 103 cm³/mol.